The smallest absolute Gasteiger partial charge is 0.0238 e. The zero-order valence-electron chi connectivity index (χ0n) is 4.59. The first-order chi connectivity index (χ1) is 3.79. The lowest BCUT2D eigenvalue weighted by atomic mass is 10.2. The molecule has 0 spiro atoms. The fourth-order valence-electron chi connectivity index (χ4n) is 0.518. The van der Waals surface area contributed by atoms with Crippen molar-refractivity contribution in [1.82, 2.24) is 0 Å². The van der Waals surface area contributed by atoms with Crippen LogP contribution in [0, 0.1) is 6.92 Å². The first-order valence-corrected chi connectivity index (χ1v) is 3.04. The Morgan fingerprint density at radius 3 is 2.00 bits per heavy atom. The van der Waals surface area contributed by atoms with Gasteiger partial charge in [-0.15, -0.1) is 9.24 Å². The average molecular weight is 123 g/mol. The molecule has 1 rings (SSSR count). The van der Waals surface area contributed by atoms with E-state index in [1.807, 2.05) is 24.3 Å². The first kappa shape index (κ1) is 5.78. The van der Waals surface area contributed by atoms with Gasteiger partial charge >= 0.3 is 0 Å². The van der Waals surface area contributed by atoms with Gasteiger partial charge in [0.2, 0.25) is 0 Å². The molecule has 0 fully saturated rings. The molecule has 41 valence electrons. The van der Waals surface area contributed by atoms with Gasteiger partial charge in [-0.05, 0) is 17.8 Å². The van der Waals surface area contributed by atoms with Crippen LogP contribution in [0.4, 0.5) is 0 Å². The first-order valence-electron chi connectivity index (χ1n) is 2.46. The highest BCUT2D eigenvalue weighted by Gasteiger charge is 1.80. The van der Waals surface area contributed by atoms with Gasteiger partial charge in [0.15, 0.2) is 0 Å². The van der Waals surface area contributed by atoms with E-state index in [0.717, 1.165) is 5.56 Å². The van der Waals surface area contributed by atoms with Crippen molar-refractivity contribution in [3.63, 3.8) is 0 Å². The Labute approximate surface area is 52.1 Å². The van der Waals surface area contributed by atoms with Gasteiger partial charge in [0.1, 0.15) is 0 Å². The maximum Gasteiger partial charge on any atom is -0.0238 e. The van der Waals surface area contributed by atoms with Gasteiger partial charge in [-0.2, -0.15) is 0 Å². The van der Waals surface area contributed by atoms with Crippen LogP contribution in [-0.2, 0) is 0 Å². The van der Waals surface area contributed by atoms with Crippen LogP contribution in [0.1, 0.15) is 5.56 Å². The van der Waals surface area contributed by atoms with E-state index in [0.29, 0.717) is 0 Å². The van der Waals surface area contributed by atoms with Gasteiger partial charge < -0.3 is 0 Å². The van der Waals surface area contributed by atoms with Crippen LogP contribution in [-0.4, -0.2) is 0 Å². The molecule has 0 N–H and O–H groups in total. The van der Waals surface area contributed by atoms with E-state index in [4.69, 9.17) is 0 Å². The third kappa shape index (κ3) is 1.31. The van der Waals surface area contributed by atoms with Crippen molar-refractivity contribution in [2.45, 2.75) is 0 Å². The van der Waals surface area contributed by atoms with Crippen LogP contribution in [0.3, 0.4) is 0 Å². The molecule has 1 atom stereocenters. The second kappa shape index (κ2) is 2.28. The molecule has 8 heavy (non-hydrogen) atoms. The fourth-order valence-corrected chi connectivity index (χ4v) is 0.710. The van der Waals surface area contributed by atoms with E-state index in [1.54, 1.807) is 0 Å². The lowest BCUT2D eigenvalue weighted by molar-refractivity contribution is 1.65. The summed E-state index contributed by atoms with van der Waals surface area (Å²) in [6.45, 7) is 3.75. The van der Waals surface area contributed by atoms with E-state index in [2.05, 4.69) is 16.2 Å². The third-order valence-corrected chi connectivity index (χ3v) is 1.36. The molecule has 0 amide bonds. The Balaban J connectivity index is 3.03. The number of hydrogen-bond acceptors (Lipinski definition) is 0. The van der Waals surface area contributed by atoms with Crippen LogP contribution < -0.4 is 5.30 Å². The zero-order valence-corrected chi connectivity index (χ0v) is 5.75. The molecule has 0 heterocycles. The van der Waals surface area contributed by atoms with Crippen LogP contribution in [0.25, 0.3) is 0 Å². The minimum absolute atomic E-state index is 1.07. The van der Waals surface area contributed by atoms with E-state index in [1.165, 1.54) is 5.30 Å². The van der Waals surface area contributed by atoms with Crippen molar-refractivity contribution < 1.29 is 0 Å². The average Bonchev–Trinajstić information content (AvgIpc) is 1.77. The van der Waals surface area contributed by atoms with Gasteiger partial charge in [0, 0.05) is 0 Å². The van der Waals surface area contributed by atoms with Crippen LogP contribution in [0.15, 0.2) is 24.3 Å². The lowest BCUT2D eigenvalue weighted by Crippen LogP contribution is -1.85. The van der Waals surface area contributed by atoms with E-state index in [9.17, 15) is 0 Å². The van der Waals surface area contributed by atoms with Gasteiger partial charge in [-0.25, -0.2) is 0 Å². The minimum Gasteiger partial charge on any atom is -0.106 e. The van der Waals surface area contributed by atoms with Gasteiger partial charge in [-0.1, -0.05) is 24.3 Å². The summed E-state index contributed by atoms with van der Waals surface area (Å²) in [7, 11) is 2.62. The molecule has 0 saturated carbocycles. The lowest BCUT2D eigenvalue weighted by Gasteiger charge is -1.89. The molecule has 0 nitrogen and oxygen atoms in total. The zero-order chi connectivity index (χ0) is 5.98. The molecule has 0 bridgehead atoms. The van der Waals surface area contributed by atoms with E-state index >= 15 is 0 Å². The second-order valence-electron chi connectivity index (χ2n) is 1.74. The van der Waals surface area contributed by atoms with E-state index < -0.39 is 0 Å². The second-order valence-corrected chi connectivity index (χ2v) is 2.41. The fraction of sp³-hybridized carbons (Fsp3) is 0. The molecule has 1 aromatic carbocycles. The molecule has 0 aromatic heterocycles. The molecule has 1 unspecified atom stereocenters. The molecule has 1 radical (unpaired) electrons. The number of benzene rings is 1. The summed E-state index contributed by atoms with van der Waals surface area (Å²) in [6, 6.07) is 8.02. The van der Waals surface area contributed by atoms with Gasteiger partial charge in [-0.3, -0.25) is 0 Å². The molecule has 0 saturated heterocycles. The summed E-state index contributed by atoms with van der Waals surface area (Å²) >= 11 is 0. The van der Waals surface area contributed by atoms with Crippen LogP contribution in [0.5, 0.6) is 0 Å². The predicted octanol–water partition coefficient (Wildman–Crippen LogP) is 1.37. The van der Waals surface area contributed by atoms with Crippen LogP contribution >= 0.6 is 9.24 Å². The molecular weight excluding hydrogens is 115 g/mol. The van der Waals surface area contributed by atoms with Gasteiger partial charge in [0.05, 0.1) is 0 Å². The maximum atomic E-state index is 3.75. The molecule has 0 aliphatic rings. The van der Waals surface area contributed by atoms with Crippen molar-refractivity contribution >= 4 is 14.5 Å². The highest BCUT2D eigenvalue weighted by Crippen LogP contribution is 1.94. The molecular formula is C7H8P. The maximum absolute atomic E-state index is 3.75. The monoisotopic (exact) mass is 123 g/mol. The summed E-state index contributed by atoms with van der Waals surface area (Å²) in [5.74, 6) is 0. The Kier molecular flexibility index (Phi) is 1.65. The Morgan fingerprint density at radius 1 is 1.12 bits per heavy atom. The summed E-state index contributed by atoms with van der Waals surface area (Å²) in [5, 5.41) is 1.21. The summed E-state index contributed by atoms with van der Waals surface area (Å²) in [4.78, 5) is 0. The van der Waals surface area contributed by atoms with Crippen molar-refractivity contribution in [3.8, 4) is 0 Å². The number of hydrogen-bond donors (Lipinski definition) is 0. The number of rotatable bonds is 0. The minimum atomic E-state index is 1.07. The standard InChI is InChI=1S/C7H8P/c1-6-2-4-7(8)5-3-6/h2-5H,1,8H2. The third-order valence-electron chi connectivity index (χ3n) is 0.980. The summed E-state index contributed by atoms with van der Waals surface area (Å²) in [5.41, 5.74) is 1.07. The highest BCUT2D eigenvalue weighted by atomic mass is 31.0. The Bertz CT molecular complexity index is 143. The Morgan fingerprint density at radius 2 is 1.62 bits per heavy atom. The summed E-state index contributed by atoms with van der Waals surface area (Å²) < 4.78 is 0. The van der Waals surface area contributed by atoms with E-state index in [-0.39, 0.29) is 0 Å². The largest absolute Gasteiger partial charge is 0.106 e. The van der Waals surface area contributed by atoms with Gasteiger partial charge in [0.25, 0.3) is 0 Å². The Hall–Kier alpha value is -0.350. The summed E-state index contributed by atoms with van der Waals surface area (Å²) in [6.07, 6.45) is 0. The molecule has 1 heteroatoms. The topological polar surface area (TPSA) is 0 Å². The van der Waals surface area contributed by atoms with Crippen molar-refractivity contribution in [1.29, 1.82) is 0 Å². The molecule has 0 aliphatic heterocycles. The predicted molar refractivity (Wildman–Crippen MR) is 40.2 cm³/mol. The SMILES string of the molecule is [CH2]c1ccc(P)cc1. The quantitative estimate of drug-likeness (QED) is 0.457. The van der Waals surface area contributed by atoms with Crippen LogP contribution in [0.2, 0.25) is 0 Å². The van der Waals surface area contributed by atoms with Crippen molar-refractivity contribution in [2.75, 3.05) is 0 Å². The highest BCUT2D eigenvalue weighted by molar-refractivity contribution is 7.27. The van der Waals surface area contributed by atoms with Crippen molar-refractivity contribution in [3.05, 3.63) is 36.8 Å². The normalized spacial score (nSPS) is 9.25. The molecule has 0 aliphatic carbocycles. The molecule has 1 aromatic rings. The van der Waals surface area contributed by atoms with Crippen molar-refractivity contribution in [2.24, 2.45) is 0 Å².